The van der Waals surface area contributed by atoms with Crippen LogP contribution in [0.1, 0.15) is 0 Å². The first-order chi connectivity index (χ1) is 3.83. The minimum atomic E-state index is 0.634. The Balaban J connectivity index is 2.84. The summed E-state index contributed by atoms with van der Waals surface area (Å²) in [5.41, 5.74) is 0. The van der Waals surface area contributed by atoms with Gasteiger partial charge in [0, 0.05) is 0 Å². The molecule has 0 radical (unpaired) electrons. The molecule has 1 heterocycles. The van der Waals surface area contributed by atoms with Gasteiger partial charge in [-0.25, -0.2) is 9.44 Å². The summed E-state index contributed by atoms with van der Waals surface area (Å²) < 4.78 is 2.42. The Morgan fingerprint density at radius 2 is 2.62 bits per heavy atom. The van der Waals surface area contributed by atoms with Crippen molar-refractivity contribution >= 4 is 44.3 Å². The summed E-state index contributed by atoms with van der Waals surface area (Å²) in [5.74, 6) is 0. The third kappa shape index (κ3) is 1.63. The van der Waals surface area contributed by atoms with Gasteiger partial charge < -0.3 is 0 Å². The largest absolute Gasteiger partial charge is 0.224 e. The summed E-state index contributed by atoms with van der Waals surface area (Å²) in [6.45, 7) is 0. The number of hydrogen-bond acceptors (Lipinski definition) is 2. The Kier molecular flexibility index (Phi) is 2.65. The molecule has 1 unspecified atom stereocenters. The molecule has 3 nitrogen and oxygen atoms in total. The number of halogens is 2. The first kappa shape index (κ1) is 6.89. The highest BCUT2D eigenvalue weighted by atomic mass is 127. The van der Waals surface area contributed by atoms with Crippen LogP contribution < -0.4 is 0 Å². The van der Waals surface area contributed by atoms with E-state index in [2.05, 4.69) is 48.1 Å². The number of nitrogens with zero attached hydrogens (tertiary/aromatic N) is 3. The van der Waals surface area contributed by atoms with E-state index in [1.54, 1.807) is 10.8 Å². The maximum Gasteiger partial charge on any atom is 0.217 e. The molecule has 0 bridgehead atoms. The van der Waals surface area contributed by atoms with E-state index in [9.17, 15) is 0 Å². The first-order valence-corrected chi connectivity index (χ1v) is 6.62. The highest BCUT2D eigenvalue weighted by Crippen LogP contribution is 2.21. The predicted molar refractivity (Wildman–Crippen MR) is 45.5 cm³/mol. The van der Waals surface area contributed by atoms with Crippen molar-refractivity contribution in [3.05, 3.63) is 11.1 Å². The van der Waals surface area contributed by atoms with E-state index in [0.29, 0.717) is 11.1 Å². The summed E-state index contributed by atoms with van der Waals surface area (Å²) in [6, 6.07) is 0. The fourth-order valence-corrected chi connectivity index (χ4v) is 1.62. The smallest absolute Gasteiger partial charge is 0.217 e. The number of hydrogen-bond donors (Lipinski definition) is 0. The van der Waals surface area contributed by atoms with E-state index < -0.39 is 0 Å². The van der Waals surface area contributed by atoms with Gasteiger partial charge in [-0.2, -0.15) is 0 Å². The average Bonchev–Trinajstić information content (AvgIpc) is 2.14. The second-order valence-electron chi connectivity index (χ2n) is 1.04. The molecule has 1 atom stereocenters. The van der Waals surface area contributed by atoms with Crippen LogP contribution in [-0.4, -0.2) is 14.5 Å². The summed E-state index contributed by atoms with van der Waals surface area (Å²) >= 11 is 5.37. The van der Waals surface area contributed by atoms with Crippen molar-refractivity contribution in [2.75, 3.05) is 0 Å². The fraction of sp³-hybridized carbons (Fsp3) is 0. The molecule has 44 valence electrons. The van der Waals surface area contributed by atoms with E-state index in [-0.39, 0.29) is 0 Å². The van der Waals surface area contributed by atoms with Crippen molar-refractivity contribution in [2.45, 2.75) is 0 Å². The lowest BCUT2D eigenvalue weighted by Gasteiger charge is -1.84. The van der Waals surface area contributed by atoms with Crippen LogP contribution >= 0.6 is 44.3 Å². The molecule has 0 N–H and O–H groups in total. The van der Waals surface area contributed by atoms with Crippen molar-refractivity contribution in [1.82, 2.24) is 14.5 Å². The molecule has 0 aromatic carbocycles. The van der Waals surface area contributed by atoms with Crippen LogP contribution in [0, 0.1) is 0 Å². The molecule has 8 heavy (non-hydrogen) atoms. The average molecular weight is 306 g/mol. The quantitative estimate of drug-likeness (QED) is 0.585. The van der Waals surface area contributed by atoms with E-state index >= 15 is 0 Å². The van der Waals surface area contributed by atoms with Crippen LogP contribution in [0.2, 0.25) is 0 Å². The lowest BCUT2D eigenvalue weighted by Crippen LogP contribution is -1.77. The summed E-state index contributed by atoms with van der Waals surface area (Å²) in [6.07, 6.45) is 2.32. The molecule has 1 aromatic rings. The highest BCUT2D eigenvalue weighted by molar-refractivity contribution is 14.2. The Bertz CT molecular complexity index is 178. The molecule has 0 fully saturated rings. The first-order valence-electron chi connectivity index (χ1n) is 1.77. The van der Waals surface area contributed by atoms with Gasteiger partial charge in [0.05, 0.1) is 6.37 Å². The molecule has 0 aliphatic heterocycles. The van der Waals surface area contributed by atoms with E-state index in [1.807, 2.05) is 0 Å². The Labute approximate surface area is 69.7 Å². The molecule has 1 aromatic heterocycles. The standard InChI is InChI=1S/C2H2BrIN3P/c3-2-5-1-7(6-2)8-4/h1,8H. The van der Waals surface area contributed by atoms with Crippen molar-refractivity contribution in [2.24, 2.45) is 0 Å². The second kappa shape index (κ2) is 3.08. The van der Waals surface area contributed by atoms with Crippen LogP contribution in [0.15, 0.2) is 11.1 Å². The Morgan fingerprint density at radius 1 is 1.88 bits per heavy atom. The van der Waals surface area contributed by atoms with Gasteiger partial charge in [-0.05, 0) is 38.0 Å². The van der Waals surface area contributed by atoms with Gasteiger partial charge >= 0.3 is 0 Å². The zero-order chi connectivity index (χ0) is 5.98. The van der Waals surface area contributed by atoms with E-state index in [1.165, 1.54) is 0 Å². The number of aromatic nitrogens is 3. The van der Waals surface area contributed by atoms with E-state index in [4.69, 9.17) is 0 Å². The molecule has 0 aliphatic carbocycles. The van der Waals surface area contributed by atoms with Gasteiger partial charge in [-0.1, -0.05) is 0 Å². The van der Waals surface area contributed by atoms with Gasteiger partial charge in [0.15, 0.2) is 0 Å². The lowest BCUT2D eigenvalue weighted by atomic mass is 11.3. The van der Waals surface area contributed by atoms with Gasteiger partial charge in [-0.15, -0.1) is 5.10 Å². The molecule has 1 rings (SSSR count). The maximum atomic E-state index is 3.96. The third-order valence-corrected chi connectivity index (χ3v) is 2.79. The minimum absolute atomic E-state index is 0.634. The second-order valence-corrected chi connectivity index (χ2v) is 3.83. The molecular formula is C2H2BrIN3P. The van der Waals surface area contributed by atoms with Crippen LogP contribution in [0.3, 0.4) is 0 Å². The van der Waals surface area contributed by atoms with Gasteiger partial charge in [0.2, 0.25) is 4.73 Å². The molecular weight excluding hydrogens is 304 g/mol. The van der Waals surface area contributed by atoms with Crippen molar-refractivity contribution in [3.8, 4) is 0 Å². The third-order valence-electron chi connectivity index (χ3n) is 0.550. The predicted octanol–water partition coefficient (Wildman–Crippen LogP) is 1.83. The van der Waals surface area contributed by atoms with Gasteiger partial charge in [0.25, 0.3) is 0 Å². The Hall–Kier alpha value is 0.780. The number of rotatable bonds is 1. The fourth-order valence-electron chi connectivity index (χ4n) is 0.284. The molecule has 6 heteroatoms. The SMILES string of the molecule is Brc1ncn(PI)n1. The highest BCUT2D eigenvalue weighted by Gasteiger charge is 1.90. The van der Waals surface area contributed by atoms with Crippen LogP contribution in [0.25, 0.3) is 0 Å². The van der Waals surface area contributed by atoms with Crippen LogP contribution in [0.5, 0.6) is 0 Å². The normalized spacial score (nSPS) is 11.2. The van der Waals surface area contributed by atoms with Gasteiger partial charge in [0.1, 0.15) is 6.33 Å². The molecule has 0 aliphatic rings. The summed E-state index contributed by atoms with van der Waals surface area (Å²) in [7, 11) is 0. The molecule has 0 saturated heterocycles. The lowest BCUT2D eigenvalue weighted by molar-refractivity contribution is 0.995. The monoisotopic (exact) mass is 305 g/mol. The Morgan fingerprint density at radius 3 is 2.88 bits per heavy atom. The van der Waals surface area contributed by atoms with Crippen LogP contribution in [0.4, 0.5) is 0 Å². The van der Waals surface area contributed by atoms with Crippen LogP contribution in [-0.2, 0) is 0 Å². The van der Waals surface area contributed by atoms with Crippen molar-refractivity contribution < 1.29 is 0 Å². The zero-order valence-electron chi connectivity index (χ0n) is 3.67. The summed E-state index contributed by atoms with van der Waals surface area (Å²) in [4.78, 5) is 3.86. The van der Waals surface area contributed by atoms with Crippen molar-refractivity contribution in [1.29, 1.82) is 0 Å². The topological polar surface area (TPSA) is 30.7 Å². The minimum Gasteiger partial charge on any atom is -0.224 e. The zero-order valence-corrected chi connectivity index (χ0v) is 8.42. The molecule has 0 amide bonds. The molecule has 0 spiro atoms. The van der Waals surface area contributed by atoms with E-state index in [0.717, 1.165) is 0 Å². The van der Waals surface area contributed by atoms with Gasteiger partial charge in [-0.3, -0.25) is 0 Å². The van der Waals surface area contributed by atoms with Crippen molar-refractivity contribution in [3.63, 3.8) is 0 Å². The molecule has 0 saturated carbocycles. The summed E-state index contributed by atoms with van der Waals surface area (Å²) in [5, 5.41) is 3.96. The maximum absolute atomic E-state index is 3.96.